The van der Waals surface area contributed by atoms with Gasteiger partial charge in [0.2, 0.25) is 0 Å². The number of hydrogen-bond donors (Lipinski definition) is 1. The fourth-order valence-corrected chi connectivity index (χ4v) is 2.21. The summed E-state index contributed by atoms with van der Waals surface area (Å²) in [4.78, 5) is 10.8. The summed E-state index contributed by atoms with van der Waals surface area (Å²) in [6.45, 7) is 0. The average molecular weight is 334 g/mol. The molecule has 120 valence electrons. The summed E-state index contributed by atoms with van der Waals surface area (Å²) in [6, 6.07) is 9.54. The predicted octanol–water partition coefficient (Wildman–Crippen LogP) is 2.17. The number of nitrogens with zero attached hydrogens (tertiary/aromatic N) is 1. The second-order valence-corrected chi connectivity index (χ2v) is 4.88. The van der Waals surface area contributed by atoms with E-state index in [4.69, 9.17) is 21.1 Å². The highest BCUT2D eigenvalue weighted by atomic mass is 35.5. The zero-order valence-electron chi connectivity index (χ0n) is 12.5. The number of carboxylic acids is 1. The van der Waals surface area contributed by atoms with Crippen molar-refractivity contribution in [1.82, 2.24) is 0 Å². The van der Waals surface area contributed by atoms with Crippen molar-refractivity contribution in [2.24, 2.45) is 5.10 Å². The number of hydrogen-bond acceptors (Lipinski definition) is 6. The molecule has 7 heteroatoms. The Labute approximate surface area is 138 Å². The second kappa shape index (κ2) is 7.51. The highest BCUT2D eigenvalue weighted by Crippen LogP contribution is 2.35. The molecule has 0 aromatic heterocycles. The SMILES string of the molecule is COc1cc(C=NNc2cccc(C(=O)[O-])c2)cc(Cl)c1OC. The van der Waals surface area contributed by atoms with E-state index >= 15 is 0 Å². The van der Waals surface area contributed by atoms with Gasteiger partial charge in [0.1, 0.15) is 0 Å². The lowest BCUT2D eigenvalue weighted by Gasteiger charge is -2.10. The molecule has 2 aromatic rings. The number of hydrazone groups is 1. The molecule has 1 N–H and O–H groups in total. The van der Waals surface area contributed by atoms with Gasteiger partial charge in [-0.15, -0.1) is 0 Å². The van der Waals surface area contributed by atoms with Crippen molar-refractivity contribution >= 4 is 29.5 Å². The molecule has 0 unspecified atom stereocenters. The normalized spacial score (nSPS) is 10.6. The van der Waals surface area contributed by atoms with Crippen molar-refractivity contribution in [2.45, 2.75) is 0 Å². The molecule has 0 fully saturated rings. The fraction of sp³-hybridized carbons (Fsp3) is 0.125. The molecule has 0 atom stereocenters. The quantitative estimate of drug-likeness (QED) is 0.647. The lowest BCUT2D eigenvalue weighted by atomic mass is 10.2. The Hall–Kier alpha value is -2.73. The number of carbonyl (C=O) groups is 1. The van der Waals surface area contributed by atoms with E-state index in [1.807, 2.05) is 0 Å². The maximum Gasteiger partial charge on any atom is 0.179 e. The highest BCUT2D eigenvalue weighted by molar-refractivity contribution is 6.32. The van der Waals surface area contributed by atoms with Crippen LogP contribution in [0.25, 0.3) is 0 Å². The molecule has 2 rings (SSSR count). The third-order valence-corrected chi connectivity index (χ3v) is 3.24. The molecule has 0 amide bonds. The minimum absolute atomic E-state index is 0.0689. The molecule has 0 saturated carbocycles. The first-order chi connectivity index (χ1) is 11.0. The summed E-state index contributed by atoms with van der Waals surface area (Å²) in [5, 5.41) is 15.2. The number of ether oxygens (including phenoxy) is 2. The molecule has 0 spiro atoms. The number of halogens is 1. The van der Waals surface area contributed by atoms with Crippen molar-refractivity contribution in [1.29, 1.82) is 0 Å². The predicted molar refractivity (Wildman–Crippen MR) is 86.5 cm³/mol. The van der Waals surface area contributed by atoms with Gasteiger partial charge in [0, 0.05) is 0 Å². The number of benzene rings is 2. The molecule has 0 radical (unpaired) electrons. The van der Waals surface area contributed by atoms with Gasteiger partial charge in [0.15, 0.2) is 11.5 Å². The van der Waals surface area contributed by atoms with Gasteiger partial charge < -0.3 is 19.4 Å². The molecule has 2 aromatic carbocycles. The summed E-state index contributed by atoms with van der Waals surface area (Å²) in [7, 11) is 3.02. The molecule has 0 aliphatic rings. The summed E-state index contributed by atoms with van der Waals surface area (Å²) in [5.41, 5.74) is 4.02. The average Bonchev–Trinajstić information content (AvgIpc) is 2.54. The lowest BCUT2D eigenvalue weighted by molar-refractivity contribution is -0.255. The van der Waals surface area contributed by atoms with Gasteiger partial charge in [-0.1, -0.05) is 23.7 Å². The molecular weight excluding hydrogens is 320 g/mol. The maximum absolute atomic E-state index is 10.8. The van der Waals surface area contributed by atoms with Gasteiger partial charge in [-0.05, 0) is 35.4 Å². The summed E-state index contributed by atoms with van der Waals surface area (Å²) in [5.74, 6) is -0.314. The Morgan fingerprint density at radius 2 is 2.04 bits per heavy atom. The van der Waals surface area contributed by atoms with E-state index in [0.717, 1.165) is 0 Å². The van der Waals surface area contributed by atoms with E-state index in [1.165, 1.54) is 32.6 Å². The van der Waals surface area contributed by atoms with Crippen LogP contribution in [0.4, 0.5) is 5.69 Å². The minimum atomic E-state index is -1.25. The molecule has 0 saturated heterocycles. The van der Waals surface area contributed by atoms with Gasteiger partial charge >= 0.3 is 0 Å². The molecular formula is C16H14ClN2O4-. The van der Waals surface area contributed by atoms with Gasteiger partial charge in [0.25, 0.3) is 0 Å². The second-order valence-electron chi connectivity index (χ2n) is 4.48. The number of methoxy groups -OCH3 is 2. The van der Waals surface area contributed by atoms with Crippen LogP contribution in [-0.2, 0) is 0 Å². The number of carbonyl (C=O) groups excluding carboxylic acids is 1. The van der Waals surface area contributed by atoms with Crippen LogP contribution in [0.3, 0.4) is 0 Å². The Morgan fingerprint density at radius 1 is 1.26 bits per heavy atom. The van der Waals surface area contributed by atoms with Crippen LogP contribution in [-0.4, -0.2) is 26.4 Å². The van der Waals surface area contributed by atoms with Crippen LogP contribution in [0.5, 0.6) is 11.5 Å². The van der Waals surface area contributed by atoms with Gasteiger partial charge in [-0.2, -0.15) is 5.10 Å². The molecule has 0 bridgehead atoms. The third kappa shape index (κ3) is 4.14. The van der Waals surface area contributed by atoms with Gasteiger partial charge in [-0.25, -0.2) is 0 Å². The smallest absolute Gasteiger partial charge is 0.179 e. The van der Waals surface area contributed by atoms with Crippen LogP contribution in [0, 0.1) is 0 Å². The zero-order valence-corrected chi connectivity index (χ0v) is 13.3. The number of aromatic carboxylic acids is 1. The zero-order chi connectivity index (χ0) is 16.8. The molecule has 0 aliphatic heterocycles. The topological polar surface area (TPSA) is 83.0 Å². The molecule has 23 heavy (non-hydrogen) atoms. The van der Waals surface area contributed by atoms with Crippen molar-refractivity contribution < 1.29 is 19.4 Å². The maximum atomic E-state index is 10.8. The number of anilines is 1. The van der Waals surface area contributed by atoms with E-state index in [9.17, 15) is 9.90 Å². The molecule has 6 nitrogen and oxygen atoms in total. The molecule has 0 aliphatic carbocycles. The van der Waals surface area contributed by atoms with Crippen molar-refractivity contribution in [2.75, 3.05) is 19.6 Å². The Balaban J connectivity index is 2.16. The summed E-state index contributed by atoms with van der Waals surface area (Å²) in [6.07, 6.45) is 1.53. The third-order valence-electron chi connectivity index (χ3n) is 2.96. The fourth-order valence-electron chi connectivity index (χ4n) is 1.91. The standard InChI is InChI=1S/C16H15ClN2O4/c1-22-14-7-10(6-13(17)15(14)23-2)9-18-19-12-5-3-4-11(8-12)16(20)21/h3-9,19H,1-2H3,(H,20,21)/p-1. The van der Waals surface area contributed by atoms with E-state index in [2.05, 4.69) is 10.5 Å². The first-order valence-corrected chi connectivity index (χ1v) is 6.95. The lowest BCUT2D eigenvalue weighted by Crippen LogP contribution is -2.22. The minimum Gasteiger partial charge on any atom is -0.545 e. The van der Waals surface area contributed by atoms with Crippen LogP contribution in [0.2, 0.25) is 5.02 Å². The van der Waals surface area contributed by atoms with Gasteiger partial charge in [0.05, 0.1) is 37.1 Å². The van der Waals surface area contributed by atoms with Crippen LogP contribution >= 0.6 is 11.6 Å². The Bertz CT molecular complexity index is 747. The van der Waals surface area contributed by atoms with E-state index in [0.29, 0.717) is 27.8 Å². The number of rotatable bonds is 6. The van der Waals surface area contributed by atoms with E-state index in [-0.39, 0.29) is 5.56 Å². The van der Waals surface area contributed by atoms with Crippen LogP contribution < -0.4 is 20.0 Å². The summed E-state index contributed by atoms with van der Waals surface area (Å²) < 4.78 is 10.4. The van der Waals surface area contributed by atoms with Crippen molar-refractivity contribution in [3.05, 3.63) is 52.5 Å². The monoisotopic (exact) mass is 333 g/mol. The first kappa shape index (κ1) is 16.6. The highest BCUT2D eigenvalue weighted by Gasteiger charge is 2.09. The summed E-state index contributed by atoms with van der Waals surface area (Å²) >= 11 is 6.11. The van der Waals surface area contributed by atoms with Gasteiger partial charge in [-0.3, -0.25) is 5.43 Å². The Kier molecular flexibility index (Phi) is 5.43. The first-order valence-electron chi connectivity index (χ1n) is 6.57. The van der Waals surface area contributed by atoms with Crippen LogP contribution in [0.1, 0.15) is 15.9 Å². The largest absolute Gasteiger partial charge is 0.545 e. The number of nitrogens with one attached hydrogen (secondary N) is 1. The molecule has 0 heterocycles. The van der Waals surface area contributed by atoms with E-state index in [1.54, 1.807) is 24.3 Å². The van der Waals surface area contributed by atoms with Crippen molar-refractivity contribution in [3.8, 4) is 11.5 Å². The van der Waals surface area contributed by atoms with Crippen LogP contribution in [0.15, 0.2) is 41.5 Å². The van der Waals surface area contributed by atoms with Crippen molar-refractivity contribution in [3.63, 3.8) is 0 Å². The number of carboxylic acid groups (broad SMARTS) is 1. The Morgan fingerprint density at radius 3 is 2.70 bits per heavy atom. The van der Waals surface area contributed by atoms with E-state index < -0.39 is 5.97 Å².